The van der Waals surface area contributed by atoms with Crippen molar-refractivity contribution >= 4 is 17.3 Å². The van der Waals surface area contributed by atoms with Gasteiger partial charge in [0, 0.05) is 28.9 Å². The normalized spacial score (nSPS) is 16.0. The molecule has 0 aliphatic heterocycles. The van der Waals surface area contributed by atoms with Crippen molar-refractivity contribution in [2.45, 2.75) is 58.0 Å². The fourth-order valence-corrected chi connectivity index (χ4v) is 3.23. The van der Waals surface area contributed by atoms with E-state index in [4.69, 9.17) is 5.11 Å². The quantitative estimate of drug-likeness (QED) is 0.868. The van der Waals surface area contributed by atoms with Gasteiger partial charge in [-0.1, -0.05) is 20.8 Å². The van der Waals surface area contributed by atoms with Gasteiger partial charge in [-0.15, -0.1) is 11.3 Å². The number of carboxylic acid groups (broad SMARTS) is 1. The zero-order valence-electron chi connectivity index (χ0n) is 12.0. The van der Waals surface area contributed by atoms with Crippen molar-refractivity contribution in [3.8, 4) is 0 Å². The van der Waals surface area contributed by atoms with E-state index < -0.39 is 5.97 Å². The summed E-state index contributed by atoms with van der Waals surface area (Å²) in [7, 11) is 0. The molecule has 0 amide bonds. The molecule has 0 spiro atoms. The maximum absolute atomic E-state index is 10.7. The highest BCUT2D eigenvalue weighted by atomic mass is 32.1. The average molecular weight is 281 g/mol. The monoisotopic (exact) mass is 281 g/mol. The molecule has 4 heteroatoms. The zero-order chi connectivity index (χ0) is 14.0. The molecular weight excluding hydrogens is 258 g/mol. The molecule has 106 valence electrons. The topological polar surface area (TPSA) is 40.5 Å². The summed E-state index contributed by atoms with van der Waals surface area (Å²) in [4.78, 5) is 15.8. The highest BCUT2D eigenvalue weighted by molar-refractivity contribution is 7.12. The highest BCUT2D eigenvalue weighted by Gasteiger charge is 2.29. The molecule has 1 N–H and O–H groups in total. The van der Waals surface area contributed by atoms with E-state index in [1.807, 2.05) is 11.3 Å². The molecule has 0 atom stereocenters. The van der Waals surface area contributed by atoms with Gasteiger partial charge in [0.05, 0.1) is 6.42 Å². The summed E-state index contributed by atoms with van der Waals surface area (Å²) >= 11 is 1.86. The van der Waals surface area contributed by atoms with Crippen molar-refractivity contribution in [1.29, 1.82) is 0 Å². The van der Waals surface area contributed by atoms with E-state index in [0.717, 1.165) is 6.54 Å². The average Bonchev–Trinajstić information content (AvgIpc) is 3.02. The van der Waals surface area contributed by atoms with Crippen LogP contribution in [0.25, 0.3) is 0 Å². The smallest absolute Gasteiger partial charge is 0.304 e. The van der Waals surface area contributed by atoms with Crippen LogP contribution in [0.3, 0.4) is 0 Å². The van der Waals surface area contributed by atoms with Crippen LogP contribution in [0.2, 0.25) is 0 Å². The van der Waals surface area contributed by atoms with Crippen LogP contribution in [0, 0.1) is 0 Å². The molecule has 1 heterocycles. The Labute approximate surface area is 119 Å². The second-order valence-corrected chi connectivity index (χ2v) is 7.53. The van der Waals surface area contributed by atoms with Crippen molar-refractivity contribution in [3.63, 3.8) is 0 Å². The molecule has 0 saturated heterocycles. The van der Waals surface area contributed by atoms with Gasteiger partial charge in [-0.3, -0.25) is 9.69 Å². The number of carbonyl (C=O) groups is 1. The Morgan fingerprint density at radius 3 is 2.58 bits per heavy atom. The Balaban J connectivity index is 1.97. The van der Waals surface area contributed by atoms with E-state index in [1.54, 1.807) is 0 Å². The first-order chi connectivity index (χ1) is 8.86. The minimum absolute atomic E-state index is 0.203. The lowest BCUT2D eigenvalue weighted by molar-refractivity contribution is -0.137. The van der Waals surface area contributed by atoms with Crippen LogP contribution in [-0.2, 0) is 16.8 Å². The molecule has 0 aromatic carbocycles. The van der Waals surface area contributed by atoms with Gasteiger partial charge in [0.1, 0.15) is 0 Å². The van der Waals surface area contributed by atoms with Crippen molar-refractivity contribution in [2.75, 3.05) is 6.54 Å². The van der Waals surface area contributed by atoms with Gasteiger partial charge in [-0.05, 0) is 30.4 Å². The third-order valence-electron chi connectivity index (χ3n) is 3.44. The molecule has 1 fully saturated rings. The fraction of sp³-hybridized carbons (Fsp3) is 0.667. The third-order valence-corrected chi connectivity index (χ3v) is 4.93. The summed E-state index contributed by atoms with van der Waals surface area (Å²) in [5, 5.41) is 8.82. The van der Waals surface area contributed by atoms with Crippen molar-refractivity contribution in [1.82, 2.24) is 4.90 Å². The lowest BCUT2D eigenvalue weighted by Crippen LogP contribution is -2.27. The minimum atomic E-state index is -0.702. The van der Waals surface area contributed by atoms with Gasteiger partial charge in [-0.25, -0.2) is 0 Å². The molecule has 19 heavy (non-hydrogen) atoms. The molecular formula is C15H23NO2S. The van der Waals surface area contributed by atoms with Gasteiger partial charge < -0.3 is 5.11 Å². The fourth-order valence-electron chi connectivity index (χ4n) is 2.14. The molecule has 3 nitrogen and oxygen atoms in total. The number of hydrogen-bond acceptors (Lipinski definition) is 3. The standard InChI is InChI=1S/C15H23NO2S/c1-15(2,3)13-7-6-12(19-13)10-16(11-4-5-11)9-8-14(17)18/h6-7,11H,4-5,8-10H2,1-3H3,(H,17,18). The number of aliphatic carboxylic acids is 1. The van der Waals surface area contributed by atoms with Crippen LogP contribution in [-0.4, -0.2) is 28.6 Å². The SMILES string of the molecule is CC(C)(C)c1ccc(CN(CCC(=O)O)C2CC2)s1. The summed E-state index contributed by atoms with van der Waals surface area (Å²) in [6.07, 6.45) is 2.68. The first-order valence-electron chi connectivity index (χ1n) is 6.91. The van der Waals surface area contributed by atoms with Gasteiger partial charge in [-0.2, -0.15) is 0 Å². The van der Waals surface area contributed by atoms with Crippen molar-refractivity contribution in [2.24, 2.45) is 0 Å². The van der Waals surface area contributed by atoms with Gasteiger partial charge in [0.25, 0.3) is 0 Å². The molecule has 0 bridgehead atoms. The third kappa shape index (κ3) is 4.32. The van der Waals surface area contributed by atoms with Crippen LogP contribution in [0.1, 0.15) is 49.8 Å². The lowest BCUT2D eigenvalue weighted by Gasteiger charge is -2.20. The highest BCUT2D eigenvalue weighted by Crippen LogP contribution is 2.33. The second kappa shape index (κ2) is 5.63. The molecule has 1 saturated carbocycles. The number of hydrogen-bond donors (Lipinski definition) is 1. The first-order valence-corrected chi connectivity index (χ1v) is 7.73. The van der Waals surface area contributed by atoms with Gasteiger partial charge in [0.15, 0.2) is 0 Å². The van der Waals surface area contributed by atoms with E-state index in [2.05, 4.69) is 37.8 Å². The van der Waals surface area contributed by atoms with E-state index >= 15 is 0 Å². The number of thiophene rings is 1. The summed E-state index contributed by atoms with van der Waals surface area (Å²) < 4.78 is 0. The van der Waals surface area contributed by atoms with Crippen LogP contribution >= 0.6 is 11.3 Å². The van der Waals surface area contributed by atoms with Crippen molar-refractivity contribution < 1.29 is 9.90 Å². The molecule has 0 radical (unpaired) electrons. The largest absolute Gasteiger partial charge is 0.481 e. The van der Waals surface area contributed by atoms with Gasteiger partial charge in [0.2, 0.25) is 0 Å². The van der Waals surface area contributed by atoms with E-state index in [1.165, 1.54) is 22.6 Å². The maximum Gasteiger partial charge on any atom is 0.304 e. The summed E-state index contributed by atoms with van der Waals surface area (Å²) in [6.45, 7) is 8.25. The first kappa shape index (κ1) is 14.5. The van der Waals surface area contributed by atoms with Crippen LogP contribution < -0.4 is 0 Å². The lowest BCUT2D eigenvalue weighted by atomic mass is 9.95. The second-order valence-electron chi connectivity index (χ2n) is 6.36. The van der Waals surface area contributed by atoms with Crippen LogP contribution in [0.5, 0.6) is 0 Å². The Morgan fingerprint density at radius 2 is 2.11 bits per heavy atom. The van der Waals surface area contributed by atoms with Crippen molar-refractivity contribution in [3.05, 3.63) is 21.9 Å². The summed E-state index contributed by atoms with van der Waals surface area (Å²) in [5.74, 6) is -0.702. The Morgan fingerprint density at radius 1 is 1.42 bits per heavy atom. The Kier molecular flexibility index (Phi) is 4.31. The van der Waals surface area contributed by atoms with Crippen LogP contribution in [0.15, 0.2) is 12.1 Å². The number of carboxylic acids is 1. The molecule has 1 aromatic heterocycles. The number of rotatable bonds is 6. The Bertz CT molecular complexity index is 443. The zero-order valence-corrected chi connectivity index (χ0v) is 12.8. The molecule has 1 aromatic rings. The number of nitrogens with zero attached hydrogens (tertiary/aromatic N) is 1. The predicted octanol–water partition coefficient (Wildman–Crippen LogP) is 3.48. The maximum atomic E-state index is 10.7. The van der Waals surface area contributed by atoms with Crippen LogP contribution in [0.4, 0.5) is 0 Å². The molecule has 1 aliphatic rings. The van der Waals surface area contributed by atoms with E-state index in [0.29, 0.717) is 12.6 Å². The van der Waals surface area contributed by atoms with E-state index in [-0.39, 0.29) is 11.8 Å². The summed E-state index contributed by atoms with van der Waals surface area (Å²) in [6, 6.07) is 5.02. The van der Waals surface area contributed by atoms with E-state index in [9.17, 15) is 4.79 Å². The molecule has 1 aliphatic carbocycles. The molecule has 0 unspecified atom stereocenters. The molecule has 2 rings (SSSR count). The Hall–Kier alpha value is -0.870. The minimum Gasteiger partial charge on any atom is -0.481 e. The predicted molar refractivity (Wildman–Crippen MR) is 78.7 cm³/mol. The van der Waals surface area contributed by atoms with Gasteiger partial charge >= 0.3 is 5.97 Å². The summed E-state index contributed by atoms with van der Waals surface area (Å²) in [5.41, 5.74) is 0.203.